The minimum Gasteiger partial charge on any atom is -0.481 e. The Kier molecular flexibility index (Phi) is 5.31. The molecule has 0 aliphatic heterocycles. The molecule has 6 nitrogen and oxygen atoms in total. The molecule has 6 heteroatoms. The maximum Gasteiger partial charge on any atom is 0.213 e. The monoisotopic (exact) mass is 287 g/mol. The maximum atomic E-state index is 5.13. The average molecular weight is 287 g/mol. The van der Waals surface area contributed by atoms with E-state index in [4.69, 9.17) is 4.74 Å². The van der Waals surface area contributed by atoms with Crippen LogP contribution in [0.4, 0.5) is 11.6 Å². The summed E-state index contributed by atoms with van der Waals surface area (Å²) in [4.78, 5) is 12.7. The van der Waals surface area contributed by atoms with Gasteiger partial charge >= 0.3 is 0 Å². The molecule has 0 amide bonds. The summed E-state index contributed by atoms with van der Waals surface area (Å²) >= 11 is 0. The number of nitrogens with zero attached hydrogens (tertiary/aromatic N) is 3. The standard InChI is InChI=1S/C15H21N5O/c1-4-5-12-14(16-2)19-10-20-15(12)18-9-11-6-7-17-13(8-11)21-3/h6-8,10H,4-5,9H2,1-3H3,(H2,16,18,19,20). The first-order valence-corrected chi connectivity index (χ1v) is 7.02. The van der Waals surface area contributed by atoms with Gasteiger partial charge in [-0.25, -0.2) is 15.0 Å². The molecule has 0 aliphatic rings. The third kappa shape index (κ3) is 3.81. The van der Waals surface area contributed by atoms with Gasteiger partial charge in [-0.3, -0.25) is 0 Å². The van der Waals surface area contributed by atoms with E-state index >= 15 is 0 Å². The van der Waals surface area contributed by atoms with Gasteiger partial charge < -0.3 is 15.4 Å². The van der Waals surface area contributed by atoms with Crippen molar-refractivity contribution in [3.63, 3.8) is 0 Å². The summed E-state index contributed by atoms with van der Waals surface area (Å²) in [5.41, 5.74) is 2.21. The van der Waals surface area contributed by atoms with Crippen LogP contribution in [0.5, 0.6) is 5.88 Å². The fourth-order valence-corrected chi connectivity index (χ4v) is 2.12. The Balaban J connectivity index is 2.15. The van der Waals surface area contributed by atoms with E-state index in [0.717, 1.165) is 35.6 Å². The van der Waals surface area contributed by atoms with Crippen molar-refractivity contribution in [3.8, 4) is 5.88 Å². The lowest BCUT2D eigenvalue weighted by Gasteiger charge is -2.13. The second-order valence-electron chi connectivity index (χ2n) is 4.61. The molecule has 0 spiro atoms. The molecule has 21 heavy (non-hydrogen) atoms. The molecule has 0 unspecified atom stereocenters. The van der Waals surface area contributed by atoms with Crippen LogP contribution in [0.2, 0.25) is 0 Å². The van der Waals surface area contributed by atoms with Crippen molar-refractivity contribution < 1.29 is 4.74 Å². The van der Waals surface area contributed by atoms with Gasteiger partial charge in [0.05, 0.1) is 7.11 Å². The Bertz CT molecular complexity index is 588. The molecule has 112 valence electrons. The minimum absolute atomic E-state index is 0.613. The van der Waals surface area contributed by atoms with Crippen molar-refractivity contribution in [3.05, 3.63) is 35.8 Å². The minimum atomic E-state index is 0.613. The van der Waals surface area contributed by atoms with Crippen LogP contribution in [-0.4, -0.2) is 29.1 Å². The number of pyridine rings is 1. The molecule has 2 aromatic heterocycles. The second kappa shape index (κ2) is 7.42. The lowest BCUT2D eigenvalue weighted by Crippen LogP contribution is -2.08. The first-order valence-electron chi connectivity index (χ1n) is 7.02. The van der Waals surface area contributed by atoms with Gasteiger partial charge in [-0.2, -0.15) is 0 Å². The summed E-state index contributed by atoms with van der Waals surface area (Å²) in [5, 5.41) is 6.48. The Morgan fingerprint density at radius 1 is 1.19 bits per heavy atom. The number of anilines is 2. The number of methoxy groups -OCH3 is 1. The van der Waals surface area contributed by atoms with E-state index in [0.29, 0.717) is 12.4 Å². The zero-order valence-corrected chi connectivity index (χ0v) is 12.7. The highest BCUT2D eigenvalue weighted by Gasteiger charge is 2.09. The van der Waals surface area contributed by atoms with Crippen LogP contribution in [0.1, 0.15) is 24.5 Å². The highest BCUT2D eigenvalue weighted by Crippen LogP contribution is 2.22. The van der Waals surface area contributed by atoms with Crippen LogP contribution in [0.3, 0.4) is 0 Å². The zero-order chi connectivity index (χ0) is 15.1. The SMILES string of the molecule is CCCc1c(NC)ncnc1NCc1ccnc(OC)c1. The molecule has 0 fully saturated rings. The van der Waals surface area contributed by atoms with E-state index in [2.05, 4.69) is 32.5 Å². The summed E-state index contributed by atoms with van der Waals surface area (Å²) in [6.45, 7) is 2.81. The lowest BCUT2D eigenvalue weighted by molar-refractivity contribution is 0.397. The van der Waals surface area contributed by atoms with Crippen molar-refractivity contribution >= 4 is 11.6 Å². The number of ether oxygens (including phenoxy) is 1. The van der Waals surface area contributed by atoms with Crippen molar-refractivity contribution in [2.24, 2.45) is 0 Å². The average Bonchev–Trinajstić information content (AvgIpc) is 2.54. The predicted octanol–water partition coefficient (Wildman–Crippen LogP) is 2.49. The quantitative estimate of drug-likeness (QED) is 0.815. The highest BCUT2D eigenvalue weighted by molar-refractivity contribution is 5.57. The second-order valence-corrected chi connectivity index (χ2v) is 4.61. The molecule has 2 rings (SSSR count). The van der Waals surface area contributed by atoms with Crippen molar-refractivity contribution in [1.82, 2.24) is 15.0 Å². The normalized spacial score (nSPS) is 10.2. The first kappa shape index (κ1) is 15.0. The zero-order valence-electron chi connectivity index (χ0n) is 12.7. The Morgan fingerprint density at radius 2 is 2.00 bits per heavy atom. The highest BCUT2D eigenvalue weighted by atomic mass is 16.5. The van der Waals surface area contributed by atoms with E-state index in [1.54, 1.807) is 19.6 Å². The molecule has 0 bridgehead atoms. The van der Waals surface area contributed by atoms with Gasteiger partial charge in [-0.1, -0.05) is 13.3 Å². The van der Waals surface area contributed by atoms with Gasteiger partial charge in [-0.15, -0.1) is 0 Å². The van der Waals surface area contributed by atoms with Crippen LogP contribution >= 0.6 is 0 Å². The largest absolute Gasteiger partial charge is 0.481 e. The summed E-state index contributed by atoms with van der Waals surface area (Å²) < 4.78 is 5.13. The van der Waals surface area contributed by atoms with Gasteiger partial charge in [-0.05, 0) is 18.1 Å². The summed E-state index contributed by atoms with van der Waals surface area (Å²) in [6.07, 6.45) is 5.28. The lowest BCUT2D eigenvalue weighted by atomic mass is 10.1. The van der Waals surface area contributed by atoms with Crippen LogP contribution in [0, 0.1) is 0 Å². The molecule has 2 aromatic rings. The van der Waals surface area contributed by atoms with Crippen LogP contribution in [0.25, 0.3) is 0 Å². The van der Waals surface area contributed by atoms with Gasteiger partial charge in [0, 0.05) is 31.4 Å². The molecular weight excluding hydrogens is 266 g/mol. The van der Waals surface area contributed by atoms with Gasteiger partial charge in [0.1, 0.15) is 18.0 Å². The third-order valence-corrected chi connectivity index (χ3v) is 3.15. The molecule has 0 atom stereocenters. The molecule has 0 aliphatic carbocycles. The molecule has 0 saturated heterocycles. The fraction of sp³-hybridized carbons (Fsp3) is 0.400. The van der Waals surface area contributed by atoms with Crippen molar-refractivity contribution in [1.29, 1.82) is 0 Å². The van der Waals surface area contributed by atoms with Gasteiger partial charge in [0.25, 0.3) is 0 Å². The van der Waals surface area contributed by atoms with Crippen LogP contribution < -0.4 is 15.4 Å². The molecule has 2 heterocycles. The van der Waals surface area contributed by atoms with E-state index in [-0.39, 0.29) is 0 Å². The summed E-state index contributed by atoms with van der Waals surface area (Å²) in [6, 6.07) is 3.86. The first-order chi connectivity index (χ1) is 10.3. The Labute approximate surface area is 125 Å². The van der Waals surface area contributed by atoms with Crippen LogP contribution in [0.15, 0.2) is 24.7 Å². The fourth-order valence-electron chi connectivity index (χ4n) is 2.12. The predicted molar refractivity (Wildman–Crippen MR) is 83.7 cm³/mol. The Hall–Kier alpha value is -2.37. The number of aromatic nitrogens is 3. The van der Waals surface area contributed by atoms with Gasteiger partial charge in [0.2, 0.25) is 5.88 Å². The van der Waals surface area contributed by atoms with Crippen molar-refractivity contribution in [2.75, 3.05) is 24.8 Å². The van der Waals surface area contributed by atoms with E-state index in [1.807, 2.05) is 19.2 Å². The molecule has 0 saturated carbocycles. The Morgan fingerprint density at radius 3 is 2.71 bits per heavy atom. The molecule has 0 aromatic carbocycles. The van der Waals surface area contributed by atoms with E-state index < -0.39 is 0 Å². The molecule has 2 N–H and O–H groups in total. The summed E-state index contributed by atoms with van der Waals surface area (Å²) in [5.74, 6) is 2.36. The maximum absolute atomic E-state index is 5.13. The van der Waals surface area contributed by atoms with Crippen molar-refractivity contribution in [2.45, 2.75) is 26.3 Å². The molecule has 0 radical (unpaired) electrons. The number of rotatable bonds is 7. The molecular formula is C15H21N5O. The number of hydrogen-bond acceptors (Lipinski definition) is 6. The topological polar surface area (TPSA) is 72.0 Å². The number of nitrogens with one attached hydrogen (secondary N) is 2. The van der Waals surface area contributed by atoms with E-state index in [9.17, 15) is 0 Å². The number of hydrogen-bond donors (Lipinski definition) is 2. The van der Waals surface area contributed by atoms with Crippen LogP contribution in [-0.2, 0) is 13.0 Å². The smallest absolute Gasteiger partial charge is 0.213 e. The van der Waals surface area contributed by atoms with Gasteiger partial charge in [0.15, 0.2) is 0 Å². The van der Waals surface area contributed by atoms with E-state index in [1.165, 1.54) is 0 Å². The summed E-state index contributed by atoms with van der Waals surface area (Å²) in [7, 11) is 3.49. The third-order valence-electron chi connectivity index (χ3n) is 3.15.